The third-order valence-corrected chi connectivity index (χ3v) is 20.2. The summed E-state index contributed by atoms with van der Waals surface area (Å²) in [4.78, 5) is 0. The highest BCUT2D eigenvalue weighted by atomic mass is 16.7. The highest BCUT2D eigenvalue weighted by molar-refractivity contribution is 5.76. The molecule has 6 heterocycles. The highest BCUT2D eigenvalue weighted by Crippen LogP contribution is 2.47. The molecule has 12 aliphatic rings. The van der Waals surface area contributed by atoms with Gasteiger partial charge in [-0.2, -0.15) is 0 Å². The number of allylic oxidation sites excluding steroid dienone is 6. The molecule has 0 fully saturated rings. The maximum absolute atomic E-state index is 5.85. The fourth-order valence-corrected chi connectivity index (χ4v) is 14.2. The van der Waals surface area contributed by atoms with Gasteiger partial charge in [0.1, 0.15) is 24.7 Å². The van der Waals surface area contributed by atoms with Crippen LogP contribution in [0.5, 0.6) is 57.5 Å². The third kappa shape index (κ3) is 13.7. The van der Waals surface area contributed by atoms with E-state index in [1.807, 2.05) is 12.1 Å². The zero-order chi connectivity index (χ0) is 65.3. The number of rotatable bonds is 6. The van der Waals surface area contributed by atoms with Crippen molar-refractivity contribution in [2.75, 3.05) is 53.2 Å². The van der Waals surface area contributed by atoms with Crippen LogP contribution in [-0.4, -0.2) is 53.2 Å². The molecule has 10 heteroatoms. The number of benzene rings is 6. The van der Waals surface area contributed by atoms with Gasteiger partial charge >= 0.3 is 0 Å². The fourth-order valence-electron chi connectivity index (χ4n) is 14.2. The molecule has 0 N–H and O–H groups in total. The minimum absolute atomic E-state index is 0.358. The first-order valence-electron chi connectivity index (χ1n) is 35.0. The Labute approximate surface area is 558 Å². The molecule has 0 aromatic heterocycles. The summed E-state index contributed by atoms with van der Waals surface area (Å²) >= 11 is 0. The Morgan fingerprint density at radius 1 is 0.255 bits per heavy atom. The number of ether oxygens (including phenoxy) is 10. The Morgan fingerprint density at radius 3 is 1.10 bits per heavy atom. The van der Waals surface area contributed by atoms with Gasteiger partial charge in [0.15, 0.2) is 46.0 Å². The lowest BCUT2D eigenvalue weighted by atomic mass is 9.97. The highest BCUT2D eigenvalue weighted by Gasteiger charge is 2.29. The molecule has 0 amide bonds. The molecule has 0 unspecified atom stereocenters. The summed E-state index contributed by atoms with van der Waals surface area (Å²) in [6.07, 6.45) is 24.8. The Bertz CT molecular complexity index is 3890. The summed E-state index contributed by atoms with van der Waals surface area (Å²) in [7, 11) is 0. The van der Waals surface area contributed by atoms with Crippen molar-refractivity contribution in [2.45, 2.75) is 147 Å². The van der Waals surface area contributed by atoms with Gasteiger partial charge in [0.2, 0.25) is 13.6 Å². The van der Waals surface area contributed by atoms with Crippen molar-refractivity contribution >= 4 is 36.5 Å². The van der Waals surface area contributed by atoms with Gasteiger partial charge < -0.3 is 47.4 Å². The predicted molar refractivity (Wildman–Crippen MR) is 380 cm³/mol. The Balaban J connectivity index is 0.000000103. The zero-order valence-electron chi connectivity index (χ0n) is 57.7. The molecule has 0 radical (unpaired) electrons. The first kappa shape index (κ1) is 64.5. The molecule has 492 valence electrons. The van der Waals surface area contributed by atoms with Crippen LogP contribution in [0.3, 0.4) is 0 Å². The van der Waals surface area contributed by atoms with E-state index in [0.717, 1.165) is 142 Å². The van der Waals surface area contributed by atoms with Crippen molar-refractivity contribution in [1.82, 2.24) is 0 Å². The molecule has 6 aromatic rings. The first-order chi connectivity index (χ1) is 45.5. The fraction of sp³-hybridized carbons (Fsp3) is 0.429. The average Bonchev–Trinajstić information content (AvgIpc) is 1.80. The Hall–Kier alpha value is -8.24. The van der Waals surface area contributed by atoms with E-state index in [-0.39, 0.29) is 0 Å². The van der Waals surface area contributed by atoms with Crippen molar-refractivity contribution < 1.29 is 47.4 Å². The maximum Gasteiger partial charge on any atom is 0.231 e. The van der Waals surface area contributed by atoms with E-state index in [2.05, 4.69) is 180 Å². The van der Waals surface area contributed by atoms with Crippen LogP contribution in [0.25, 0.3) is 36.5 Å². The van der Waals surface area contributed by atoms with Crippen LogP contribution in [0.15, 0.2) is 106 Å². The third-order valence-electron chi connectivity index (χ3n) is 20.2. The van der Waals surface area contributed by atoms with E-state index in [1.54, 1.807) is 11.1 Å². The zero-order valence-corrected chi connectivity index (χ0v) is 57.7. The molecule has 0 bridgehead atoms. The first-order valence-corrected chi connectivity index (χ1v) is 35.0. The van der Waals surface area contributed by atoms with Gasteiger partial charge in [-0.15, -0.1) is 0 Å². The van der Waals surface area contributed by atoms with Crippen molar-refractivity contribution in [2.24, 2.45) is 35.5 Å². The summed E-state index contributed by atoms with van der Waals surface area (Å²) in [5.74, 6) is 13.3. The van der Waals surface area contributed by atoms with Crippen LogP contribution in [-0.2, 0) is 51.4 Å². The van der Waals surface area contributed by atoms with Gasteiger partial charge in [0, 0.05) is 40.7 Å². The Kier molecular flexibility index (Phi) is 19.2. The molecule has 0 saturated heterocycles. The monoisotopic (exact) mass is 1260 g/mol. The van der Waals surface area contributed by atoms with Gasteiger partial charge in [0.25, 0.3) is 0 Å². The molecular weight excluding hydrogens is 1170 g/mol. The topological polar surface area (TPSA) is 92.3 Å². The van der Waals surface area contributed by atoms with E-state index in [4.69, 9.17) is 47.4 Å². The summed E-state index contributed by atoms with van der Waals surface area (Å²) in [6.45, 7) is 32.3. The van der Waals surface area contributed by atoms with Crippen LogP contribution in [0.1, 0.15) is 174 Å². The molecular formula is C84H96O10. The quantitative estimate of drug-likeness (QED) is 0.161. The van der Waals surface area contributed by atoms with E-state index in [1.165, 1.54) is 107 Å². The summed E-state index contributed by atoms with van der Waals surface area (Å²) in [5, 5.41) is 0. The standard InChI is InChI=1S/C15H18O2.C15H18O.C14H16O2.C14H16O.2C13H14O2/c1-10(2)12-8-11-4-5-14-15(13(11)9-12)17-7-3-6-16-14;1-10(2)12-8-11-5-6-15-13(14(11)9-12)4-3-7-16-15;1-9(2)11-7-10-3-4-13-14(12(10)8-11)16-6-5-15-13;1-9(2)11-7-10-3-4-14-12(5-6-15-14)13(10)8-11;1-8(2)9-3-10-5-12-13(15-7-14-12)6-11(10)4-9;1-8(2)10-5-9-3-4-12-13(11(9)6-10)15-7-14-12/h4-5,9-10H,3,6-8H2,1-2H3;5-6,9-10H,3-4,7-8H2,1-2H3;3-4,8-9H,5-7H2,1-2H3;3-4,8-9H,5-7H2,1-2H3;3,5-6,8H,4,7H2,1-2H3;3-4,6,8H,5,7H2,1-2H3. The lowest BCUT2D eigenvalue weighted by Crippen LogP contribution is -2.16. The van der Waals surface area contributed by atoms with Gasteiger partial charge in [0.05, 0.1) is 26.4 Å². The van der Waals surface area contributed by atoms with Gasteiger partial charge in [-0.1, -0.05) is 183 Å². The van der Waals surface area contributed by atoms with Crippen LogP contribution < -0.4 is 47.4 Å². The molecule has 18 rings (SSSR count). The van der Waals surface area contributed by atoms with Crippen molar-refractivity contribution in [1.29, 1.82) is 0 Å². The minimum Gasteiger partial charge on any atom is -0.493 e. The van der Waals surface area contributed by atoms with E-state index < -0.39 is 0 Å². The normalized spacial score (nSPS) is 17.3. The van der Waals surface area contributed by atoms with E-state index in [9.17, 15) is 0 Å². The van der Waals surface area contributed by atoms with E-state index >= 15 is 0 Å². The second-order valence-corrected chi connectivity index (χ2v) is 28.5. The summed E-state index contributed by atoms with van der Waals surface area (Å²) in [6, 6.07) is 25.5. The van der Waals surface area contributed by atoms with Crippen molar-refractivity contribution in [3.05, 3.63) is 184 Å². The number of hydrogen-bond acceptors (Lipinski definition) is 10. The Morgan fingerprint density at radius 2 is 0.585 bits per heavy atom. The predicted octanol–water partition coefficient (Wildman–Crippen LogP) is 19.3. The smallest absolute Gasteiger partial charge is 0.231 e. The molecule has 0 atom stereocenters. The van der Waals surface area contributed by atoms with E-state index in [0.29, 0.717) is 62.3 Å². The van der Waals surface area contributed by atoms with Gasteiger partial charge in [-0.3, -0.25) is 0 Å². The molecule has 94 heavy (non-hydrogen) atoms. The molecule has 0 saturated carbocycles. The molecule has 6 aliphatic carbocycles. The van der Waals surface area contributed by atoms with Gasteiger partial charge in [-0.25, -0.2) is 0 Å². The lowest BCUT2D eigenvalue weighted by Gasteiger charge is -2.20. The summed E-state index contributed by atoms with van der Waals surface area (Å²) in [5.41, 5.74) is 28.3. The molecule has 6 aliphatic heterocycles. The largest absolute Gasteiger partial charge is 0.493 e. The summed E-state index contributed by atoms with van der Waals surface area (Å²) < 4.78 is 55.8. The van der Waals surface area contributed by atoms with Gasteiger partial charge in [-0.05, 0) is 179 Å². The second-order valence-electron chi connectivity index (χ2n) is 28.5. The number of fused-ring (bicyclic) bond motifs is 17. The van der Waals surface area contributed by atoms with Crippen molar-refractivity contribution in [3.8, 4) is 57.5 Å². The van der Waals surface area contributed by atoms with Crippen molar-refractivity contribution in [3.63, 3.8) is 0 Å². The lowest BCUT2D eigenvalue weighted by molar-refractivity contribution is 0.171. The minimum atomic E-state index is 0.358. The average molecular weight is 1270 g/mol. The van der Waals surface area contributed by atoms with Crippen LogP contribution >= 0.6 is 0 Å². The SMILES string of the molecule is CC(C)C1=Cc2c(ccc3c2CCCO3)C1.CC(C)C1=Cc2c(ccc3c2CCO3)C1.CC(C)C1=Cc2c(ccc3c2OCCCO3)C1.CC(C)C1=Cc2c(ccc3c2OCCO3)C1.CC(C)C1=Cc2c(ccc3c2OCO3)C1.CC(C)C1=Cc2cc3c(cc2C1)OCO3. The van der Waals surface area contributed by atoms with Crippen LogP contribution in [0.2, 0.25) is 0 Å². The second kappa shape index (κ2) is 28.0. The number of hydrogen-bond donors (Lipinski definition) is 0. The van der Waals surface area contributed by atoms with Crippen LogP contribution in [0, 0.1) is 35.5 Å². The molecule has 6 aromatic carbocycles. The maximum atomic E-state index is 5.85. The molecule has 0 spiro atoms. The van der Waals surface area contributed by atoms with Crippen LogP contribution in [0.4, 0.5) is 0 Å². The molecule has 10 nitrogen and oxygen atoms in total.